The number of H-pyrrole nitrogens is 1. The minimum absolute atomic E-state index is 0.196. The zero-order chi connectivity index (χ0) is 11.7. The molecule has 2 rings (SSSR count). The van der Waals surface area contributed by atoms with Gasteiger partial charge in [0.2, 0.25) is 0 Å². The molecule has 1 aromatic carbocycles. The maximum absolute atomic E-state index is 13.5. The first-order valence-corrected chi connectivity index (χ1v) is 4.91. The molecule has 0 aliphatic rings. The Morgan fingerprint density at radius 1 is 1.31 bits per heavy atom. The van der Waals surface area contributed by atoms with Gasteiger partial charge in [-0.05, 0) is 25.0 Å². The van der Waals surface area contributed by atoms with Gasteiger partial charge in [-0.3, -0.25) is 0 Å². The summed E-state index contributed by atoms with van der Waals surface area (Å²) in [7, 11) is 0. The molecule has 0 aliphatic carbocycles. The molecule has 0 spiro atoms. The molecular formula is C12H11FN2O. The van der Waals surface area contributed by atoms with Crippen molar-refractivity contribution in [2.75, 3.05) is 0 Å². The molecule has 0 saturated heterocycles. The zero-order valence-electron chi connectivity index (χ0n) is 9.04. The Kier molecular flexibility index (Phi) is 2.56. The van der Waals surface area contributed by atoms with E-state index in [1.54, 1.807) is 6.07 Å². The zero-order valence-corrected chi connectivity index (χ0v) is 9.04. The second-order valence-corrected chi connectivity index (χ2v) is 3.66. The molecule has 0 fully saturated rings. The lowest BCUT2D eigenvalue weighted by Crippen LogP contribution is -2.12. The van der Waals surface area contributed by atoms with Crippen LogP contribution in [0, 0.1) is 19.7 Å². The number of aromatic nitrogens is 2. The highest BCUT2D eigenvalue weighted by molar-refractivity contribution is 5.64. The average Bonchev–Trinajstić information content (AvgIpc) is 2.26. The fraction of sp³-hybridized carbons (Fsp3) is 0.167. The lowest BCUT2D eigenvalue weighted by molar-refractivity contribution is 0.615. The van der Waals surface area contributed by atoms with Gasteiger partial charge in [0.15, 0.2) is 5.82 Å². The Labute approximate surface area is 92.0 Å². The monoisotopic (exact) mass is 218 g/mol. The van der Waals surface area contributed by atoms with Crippen molar-refractivity contribution < 1.29 is 4.39 Å². The van der Waals surface area contributed by atoms with Crippen LogP contribution in [0.5, 0.6) is 0 Å². The third kappa shape index (κ3) is 1.74. The lowest BCUT2D eigenvalue weighted by Gasteiger charge is -2.08. The Hall–Kier alpha value is -1.97. The summed E-state index contributed by atoms with van der Waals surface area (Å²) in [6, 6.07) is 5.54. The minimum Gasteiger partial charge on any atom is -0.303 e. The van der Waals surface area contributed by atoms with Gasteiger partial charge in [-0.15, -0.1) is 0 Å². The van der Waals surface area contributed by atoms with E-state index in [2.05, 4.69) is 9.97 Å². The normalized spacial score (nSPS) is 10.4. The average molecular weight is 218 g/mol. The summed E-state index contributed by atoms with van der Waals surface area (Å²) in [4.78, 5) is 16.8. The number of nitrogens with one attached hydrogen (secondary N) is 1. The maximum atomic E-state index is 13.5. The molecule has 0 aliphatic heterocycles. The molecule has 2 aromatic rings. The number of halogens is 1. The molecule has 1 N–H and O–H groups in total. The molecule has 0 atom stereocenters. The third-order valence-electron chi connectivity index (χ3n) is 2.64. The van der Waals surface area contributed by atoms with Gasteiger partial charge in [0.05, 0.1) is 11.9 Å². The predicted molar refractivity (Wildman–Crippen MR) is 59.7 cm³/mol. The topological polar surface area (TPSA) is 45.8 Å². The summed E-state index contributed by atoms with van der Waals surface area (Å²) < 4.78 is 13.5. The van der Waals surface area contributed by atoms with Crippen molar-refractivity contribution in [3.8, 4) is 11.3 Å². The molecule has 0 unspecified atom stereocenters. The van der Waals surface area contributed by atoms with E-state index in [1.807, 2.05) is 26.0 Å². The van der Waals surface area contributed by atoms with Crippen LogP contribution in [0.3, 0.4) is 0 Å². The second-order valence-electron chi connectivity index (χ2n) is 3.66. The van der Waals surface area contributed by atoms with E-state index in [9.17, 15) is 9.18 Å². The minimum atomic E-state index is -0.544. The molecule has 3 nitrogen and oxygen atoms in total. The number of hydrogen-bond acceptors (Lipinski definition) is 2. The largest absolute Gasteiger partial charge is 0.345 e. The Morgan fingerprint density at radius 3 is 2.81 bits per heavy atom. The number of rotatable bonds is 1. The van der Waals surface area contributed by atoms with E-state index in [0.29, 0.717) is 5.56 Å². The number of benzene rings is 1. The quantitative estimate of drug-likeness (QED) is 0.797. The van der Waals surface area contributed by atoms with E-state index < -0.39 is 11.5 Å². The highest BCUT2D eigenvalue weighted by Crippen LogP contribution is 2.24. The summed E-state index contributed by atoms with van der Waals surface area (Å²) in [5.74, 6) is -0.520. The van der Waals surface area contributed by atoms with Crippen molar-refractivity contribution in [2.45, 2.75) is 13.8 Å². The molecule has 0 amide bonds. The fourth-order valence-electron chi connectivity index (χ4n) is 1.60. The standard InChI is InChI=1S/C12H11FN2O/c1-7-4-3-5-9(8(7)2)11-10(13)6-14-12(16)15-11/h3-6H,1-2H3,(H,14,15,16). The summed E-state index contributed by atoms with van der Waals surface area (Å²) in [6.07, 6.45) is 0.940. The molecule has 16 heavy (non-hydrogen) atoms. The van der Waals surface area contributed by atoms with Crippen LogP contribution in [0.2, 0.25) is 0 Å². The van der Waals surface area contributed by atoms with Crippen molar-refractivity contribution in [3.05, 3.63) is 51.8 Å². The first kappa shape index (κ1) is 10.5. The molecule has 0 saturated carbocycles. The van der Waals surface area contributed by atoms with Crippen LogP contribution in [0.25, 0.3) is 11.3 Å². The Balaban J connectivity index is 2.72. The van der Waals surface area contributed by atoms with Crippen LogP contribution in [0.1, 0.15) is 11.1 Å². The molecule has 1 aromatic heterocycles. The van der Waals surface area contributed by atoms with E-state index in [4.69, 9.17) is 0 Å². The number of aromatic amines is 1. The van der Waals surface area contributed by atoms with E-state index in [1.165, 1.54) is 0 Å². The van der Waals surface area contributed by atoms with Gasteiger partial charge < -0.3 is 4.98 Å². The van der Waals surface area contributed by atoms with Gasteiger partial charge in [-0.2, -0.15) is 4.98 Å². The van der Waals surface area contributed by atoms with Crippen LogP contribution >= 0.6 is 0 Å². The summed E-state index contributed by atoms with van der Waals surface area (Å²) in [5.41, 5.74) is 2.34. The van der Waals surface area contributed by atoms with Crippen LogP contribution < -0.4 is 5.69 Å². The van der Waals surface area contributed by atoms with Gasteiger partial charge in [0.25, 0.3) is 0 Å². The Bertz CT molecular complexity index is 590. The van der Waals surface area contributed by atoms with Crippen molar-refractivity contribution in [1.82, 2.24) is 9.97 Å². The highest BCUT2D eigenvalue weighted by Gasteiger charge is 2.10. The van der Waals surface area contributed by atoms with E-state index >= 15 is 0 Å². The van der Waals surface area contributed by atoms with Crippen molar-refractivity contribution >= 4 is 0 Å². The molecule has 0 radical (unpaired) electrons. The van der Waals surface area contributed by atoms with Crippen LogP contribution in [-0.2, 0) is 0 Å². The number of hydrogen-bond donors (Lipinski definition) is 1. The van der Waals surface area contributed by atoms with E-state index in [-0.39, 0.29) is 5.69 Å². The van der Waals surface area contributed by atoms with Gasteiger partial charge in [-0.1, -0.05) is 18.2 Å². The van der Waals surface area contributed by atoms with E-state index in [0.717, 1.165) is 17.3 Å². The SMILES string of the molecule is Cc1cccc(-c2[nH]c(=O)ncc2F)c1C. The van der Waals surface area contributed by atoms with Gasteiger partial charge in [-0.25, -0.2) is 9.18 Å². The molecule has 4 heteroatoms. The molecule has 0 bridgehead atoms. The molecule has 1 heterocycles. The van der Waals surface area contributed by atoms with Crippen molar-refractivity contribution in [1.29, 1.82) is 0 Å². The smallest absolute Gasteiger partial charge is 0.303 e. The van der Waals surface area contributed by atoms with Gasteiger partial charge in [0.1, 0.15) is 0 Å². The highest BCUT2D eigenvalue weighted by atomic mass is 19.1. The summed E-state index contributed by atoms with van der Waals surface area (Å²) >= 11 is 0. The fourth-order valence-corrected chi connectivity index (χ4v) is 1.60. The first-order chi connectivity index (χ1) is 7.59. The number of aryl methyl sites for hydroxylation is 1. The molecule has 82 valence electrons. The number of nitrogens with zero attached hydrogens (tertiary/aromatic N) is 1. The predicted octanol–water partition coefficient (Wildman–Crippen LogP) is 2.19. The lowest BCUT2D eigenvalue weighted by atomic mass is 10.0. The van der Waals surface area contributed by atoms with Gasteiger partial charge in [0, 0.05) is 5.56 Å². The van der Waals surface area contributed by atoms with Crippen LogP contribution in [0.4, 0.5) is 4.39 Å². The van der Waals surface area contributed by atoms with Gasteiger partial charge >= 0.3 is 5.69 Å². The Morgan fingerprint density at radius 2 is 2.06 bits per heavy atom. The maximum Gasteiger partial charge on any atom is 0.345 e. The van der Waals surface area contributed by atoms with Crippen LogP contribution in [-0.4, -0.2) is 9.97 Å². The molecular weight excluding hydrogens is 207 g/mol. The van der Waals surface area contributed by atoms with Crippen molar-refractivity contribution in [3.63, 3.8) is 0 Å². The van der Waals surface area contributed by atoms with Crippen molar-refractivity contribution in [2.24, 2.45) is 0 Å². The summed E-state index contributed by atoms with van der Waals surface area (Å²) in [5, 5.41) is 0. The van der Waals surface area contributed by atoms with Crippen LogP contribution in [0.15, 0.2) is 29.2 Å². The first-order valence-electron chi connectivity index (χ1n) is 4.91. The summed E-state index contributed by atoms with van der Waals surface area (Å²) in [6.45, 7) is 3.83. The second kappa shape index (κ2) is 3.89. The third-order valence-corrected chi connectivity index (χ3v) is 2.64.